The highest BCUT2D eigenvalue weighted by atomic mass is 16.5. The average molecular weight is 330 g/mol. The number of amides is 1. The summed E-state index contributed by atoms with van der Waals surface area (Å²) in [6.07, 6.45) is 0.768. The molecule has 24 heavy (non-hydrogen) atoms. The van der Waals surface area contributed by atoms with Gasteiger partial charge in [0.2, 0.25) is 0 Å². The number of hydrogen-bond acceptors (Lipinski definition) is 5. The topological polar surface area (TPSA) is 92.9 Å². The molecule has 1 fully saturated rings. The molecule has 1 unspecified atom stereocenters. The van der Waals surface area contributed by atoms with Crippen molar-refractivity contribution in [1.29, 1.82) is 0 Å². The van der Waals surface area contributed by atoms with Crippen molar-refractivity contribution in [3.63, 3.8) is 0 Å². The maximum absolute atomic E-state index is 12.8. The van der Waals surface area contributed by atoms with E-state index in [0.717, 1.165) is 12.2 Å². The number of pyridine rings is 1. The highest BCUT2D eigenvalue weighted by Crippen LogP contribution is 2.27. The van der Waals surface area contributed by atoms with Crippen LogP contribution in [0.25, 0.3) is 0 Å². The summed E-state index contributed by atoms with van der Waals surface area (Å²) in [5.41, 5.74) is -0.0546. The van der Waals surface area contributed by atoms with Gasteiger partial charge in [0.15, 0.2) is 0 Å². The molecule has 2 aromatic rings. The summed E-state index contributed by atoms with van der Waals surface area (Å²) in [4.78, 5) is 29.4. The molecule has 3 rings (SSSR count). The zero-order chi connectivity index (χ0) is 17.1. The van der Waals surface area contributed by atoms with Crippen LogP contribution >= 0.6 is 0 Å². The maximum Gasteiger partial charge on any atom is 0.354 e. The van der Waals surface area contributed by atoms with E-state index in [1.165, 1.54) is 18.2 Å². The number of aromatic nitrogens is 1. The van der Waals surface area contributed by atoms with Gasteiger partial charge in [-0.2, -0.15) is 0 Å². The quantitative estimate of drug-likeness (QED) is 0.923. The number of carboxylic acids is 1. The first-order chi connectivity index (χ1) is 11.6. The molecule has 0 aliphatic carbocycles. The maximum atomic E-state index is 12.8. The molecule has 0 bridgehead atoms. The van der Waals surface area contributed by atoms with Crippen LogP contribution in [-0.2, 0) is 11.2 Å². The van der Waals surface area contributed by atoms with Crippen molar-refractivity contribution in [2.45, 2.75) is 19.4 Å². The van der Waals surface area contributed by atoms with Gasteiger partial charge in [-0.25, -0.2) is 9.78 Å². The predicted octanol–water partition coefficient (Wildman–Crippen LogP) is 2.15. The summed E-state index contributed by atoms with van der Waals surface area (Å²) < 4.78 is 11.3. The summed E-state index contributed by atoms with van der Waals surface area (Å²) in [6, 6.07) is 7.77. The molecule has 0 saturated carbocycles. The smallest absolute Gasteiger partial charge is 0.354 e. The van der Waals surface area contributed by atoms with E-state index in [1.54, 1.807) is 4.90 Å². The minimum atomic E-state index is -1.17. The van der Waals surface area contributed by atoms with Crippen LogP contribution < -0.4 is 0 Å². The van der Waals surface area contributed by atoms with E-state index >= 15 is 0 Å². The molecule has 1 N–H and O–H groups in total. The molecule has 2 aromatic heterocycles. The number of carboxylic acid groups (broad SMARTS) is 1. The van der Waals surface area contributed by atoms with Gasteiger partial charge in [0.25, 0.3) is 5.91 Å². The fourth-order valence-electron chi connectivity index (χ4n) is 2.67. The van der Waals surface area contributed by atoms with Crippen molar-refractivity contribution in [3.05, 3.63) is 53.2 Å². The molecule has 7 nitrogen and oxygen atoms in total. The molecular weight excluding hydrogens is 312 g/mol. The van der Waals surface area contributed by atoms with Crippen molar-refractivity contribution in [2.24, 2.45) is 0 Å². The lowest BCUT2D eigenvalue weighted by atomic mass is 10.1. The van der Waals surface area contributed by atoms with Gasteiger partial charge in [0.05, 0.1) is 13.2 Å². The second-order valence-electron chi connectivity index (χ2n) is 5.46. The Morgan fingerprint density at radius 1 is 1.29 bits per heavy atom. The Hall–Kier alpha value is -2.67. The van der Waals surface area contributed by atoms with Gasteiger partial charge >= 0.3 is 5.97 Å². The number of ether oxygens (including phenoxy) is 1. The monoisotopic (exact) mass is 330 g/mol. The van der Waals surface area contributed by atoms with Crippen molar-refractivity contribution in [2.75, 3.05) is 19.8 Å². The molecule has 1 saturated heterocycles. The predicted molar refractivity (Wildman–Crippen MR) is 83.9 cm³/mol. The lowest BCUT2D eigenvalue weighted by Gasteiger charge is -2.34. The summed E-state index contributed by atoms with van der Waals surface area (Å²) in [5.74, 6) is 0.00547. The van der Waals surface area contributed by atoms with Gasteiger partial charge < -0.3 is 19.2 Å². The number of hydrogen-bond donors (Lipinski definition) is 1. The number of carbonyl (C=O) groups excluding carboxylic acids is 1. The number of aryl methyl sites for hydroxylation is 1. The zero-order valence-electron chi connectivity index (χ0n) is 13.3. The van der Waals surface area contributed by atoms with Crippen LogP contribution in [0.2, 0.25) is 0 Å². The van der Waals surface area contributed by atoms with Crippen LogP contribution in [0.3, 0.4) is 0 Å². The number of aromatic carboxylic acids is 1. The van der Waals surface area contributed by atoms with Crippen molar-refractivity contribution < 1.29 is 23.8 Å². The van der Waals surface area contributed by atoms with E-state index in [0.29, 0.717) is 25.5 Å². The molecule has 1 atom stereocenters. The van der Waals surface area contributed by atoms with Crippen LogP contribution in [0.15, 0.2) is 34.7 Å². The van der Waals surface area contributed by atoms with Gasteiger partial charge in [-0.05, 0) is 24.3 Å². The number of furan rings is 1. The molecule has 0 spiro atoms. The fourth-order valence-corrected chi connectivity index (χ4v) is 2.67. The van der Waals surface area contributed by atoms with Gasteiger partial charge in [0, 0.05) is 13.0 Å². The van der Waals surface area contributed by atoms with Crippen LogP contribution in [0.1, 0.15) is 45.5 Å². The molecular formula is C17H18N2O5. The van der Waals surface area contributed by atoms with E-state index in [9.17, 15) is 9.59 Å². The molecule has 0 radical (unpaired) electrons. The van der Waals surface area contributed by atoms with Gasteiger partial charge in [-0.3, -0.25) is 4.79 Å². The summed E-state index contributed by atoms with van der Waals surface area (Å²) in [5, 5.41) is 9.04. The molecule has 1 aliphatic rings. The Morgan fingerprint density at radius 2 is 2.08 bits per heavy atom. The molecule has 126 valence electrons. The van der Waals surface area contributed by atoms with Gasteiger partial charge in [-0.15, -0.1) is 0 Å². The minimum absolute atomic E-state index is 0.101. The number of rotatable bonds is 4. The molecule has 1 aliphatic heterocycles. The summed E-state index contributed by atoms with van der Waals surface area (Å²) in [7, 11) is 0. The Labute approximate surface area is 138 Å². The van der Waals surface area contributed by atoms with Crippen LogP contribution in [-0.4, -0.2) is 46.6 Å². The number of morpholine rings is 1. The van der Waals surface area contributed by atoms with Crippen molar-refractivity contribution in [1.82, 2.24) is 9.88 Å². The zero-order valence-corrected chi connectivity index (χ0v) is 13.3. The fraction of sp³-hybridized carbons (Fsp3) is 0.353. The molecule has 3 heterocycles. The minimum Gasteiger partial charge on any atom is -0.477 e. The van der Waals surface area contributed by atoms with E-state index in [4.69, 9.17) is 14.3 Å². The van der Waals surface area contributed by atoms with Gasteiger partial charge in [-0.1, -0.05) is 13.0 Å². The van der Waals surface area contributed by atoms with E-state index < -0.39 is 5.97 Å². The van der Waals surface area contributed by atoms with Gasteiger partial charge in [0.1, 0.15) is 29.0 Å². The average Bonchev–Trinajstić information content (AvgIpc) is 3.10. The normalized spacial score (nSPS) is 17.7. The Morgan fingerprint density at radius 3 is 2.79 bits per heavy atom. The number of nitrogens with zero attached hydrogens (tertiary/aromatic N) is 2. The van der Waals surface area contributed by atoms with Crippen LogP contribution in [0, 0.1) is 0 Å². The van der Waals surface area contributed by atoms with Crippen LogP contribution in [0.4, 0.5) is 0 Å². The third-order valence-electron chi connectivity index (χ3n) is 3.94. The molecule has 1 amide bonds. The first-order valence-corrected chi connectivity index (χ1v) is 7.77. The molecule has 0 aromatic carbocycles. The second kappa shape index (κ2) is 6.84. The van der Waals surface area contributed by atoms with Crippen molar-refractivity contribution in [3.8, 4) is 0 Å². The van der Waals surface area contributed by atoms with E-state index in [-0.39, 0.29) is 23.3 Å². The Bertz CT molecular complexity index is 755. The Kier molecular flexibility index (Phi) is 4.61. The summed E-state index contributed by atoms with van der Waals surface area (Å²) >= 11 is 0. The Balaban J connectivity index is 1.88. The third kappa shape index (κ3) is 3.16. The summed E-state index contributed by atoms with van der Waals surface area (Å²) in [6.45, 7) is 3.14. The second-order valence-corrected chi connectivity index (χ2v) is 5.46. The largest absolute Gasteiger partial charge is 0.477 e. The number of carbonyl (C=O) groups is 2. The van der Waals surface area contributed by atoms with Crippen LogP contribution in [0.5, 0.6) is 0 Å². The third-order valence-corrected chi connectivity index (χ3v) is 3.94. The van der Waals surface area contributed by atoms with E-state index in [1.807, 2.05) is 19.1 Å². The highest BCUT2D eigenvalue weighted by molar-refractivity contribution is 5.94. The lowest BCUT2D eigenvalue weighted by molar-refractivity contribution is -0.00931. The standard InChI is InChI=1S/C17H18N2O5/c1-2-11-6-7-15(24-11)14-10-23-9-8-19(14)16(20)12-4-3-5-13(18-12)17(21)22/h3-7,14H,2,8-10H2,1H3,(H,21,22). The SMILES string of the molecule is CCc1ccc(C2COCCN2C(=O)c2cccc(C(=O)O)n2)o1. The van der Waals surface area contributed by atoms with E-state index in [2.05, 4.69) is 4.98 Å². The first kappa shape index (κ1) is 16.2. The first-order valence-electron chi connectivity index (χ1n) is 7.77. The molecule has 7 heteroatoms. The van der Waals surface area contributed by atoms with Crippen molar-refractivity contribution >= 4 is 11.9 Å². The lowest BCUT2D eigenvalue weighted by Crippen LogP contribution is -2.43. The highest BCUT2D eigenvalue weighted by Gasteiger charge is 2.32.